The molecular weight excluding hydrogens is 222 g/mol. The number of thiazole rings is 1. The molecule has 0 atom stereocenters. The van der Waals surface area contributed by atoms with Crippen LogP contribution in [0, 0.1) is 6.92 Å². The Balaban J connectivity index is 2.31. The van der Waals surface area contributed by atoms with Crippen molar-refractivity contribution in [1.82, 2.24) is 15.2 Å². The predicted octanol–water partition coefficient (Wildman–Crippen LogP) is 1.14. The second kappa shape index (κ2) is 6.40. The van der Waals surface area contributed by atoms with Gasteiger partial charge in [-0.25, -0.2) is 4.98 Å². The molecule has 0 fully saturated rings. The Labute approximate surface area is 100.0 Å². The van der Waals surface area contributed by atoms with E-state index in [1.807, 2.05) is 25.9 Å². The van der Waals surface area contributed by atoms with Crippen molar-refractivity contribution in [2.45, 2.75) is 6.92 Å². The molecule has 5 heteroatoms. The van der Waals surface area contributed by atoms with Crippen molar-refractivity contribution in [2.24, 2.45) is 0 Å². The van der Waals surface area contributed by atoms with Gasteiger partial charge in [0.2, 0.25) is 5.91 Å². The zero-order valence-corrected chi connectivity index (χ0v) is 10.7. The van der Waals surface area contributed by atoms with E-state index in [9.17, 15) is 4.79 Å². The van der Waals surface area contributed by atoms with Crippen molar-refractivity contribution in [2.75, 3.05) is 27.2 Å². The van der Waals surface area contributed by atoms with Crippen molar-refractivity contribution < 1.29 is 4.79 Å². The molecule has 88 valence electrons. The lowest BCUT2D eigenvalue weighted by molar-refractivity contribution is -0.116. The van der Waals surface area contributed by atoms with Gasteiger partial charge in [-0.15, -0.1) is 11.3 Å². The number of nitrogens with one attached hydrogen (secondary N) is 1. The van der Waals surface area contributed by atoms with E-state index in [1.54, 1.807) is 29.7 Å². The number of amides is 1. The number of aromatic nitrogens is 1. The molecule has 1 aromatic rings. The SMILES string of the molecule is Cc1ncc(C=CC(=O)NCCN(C)C)s1. The molecule has 4 nitrogen and oxygen atoms in total. The van der Waals surface area contributed by atoms with Crippen LogP contribution in [-0.2, 0) is 4.79 Å². The van der Waals surface area contributed by atoms with Crippen molar-refractivity contribution >= 4 is 23.3 Å². The number of carbonyl (C=O) groups excluding carboxylic acids is 1. The van der Waals surface area contributed by atoms with Crippen LogP contribution >= 0.6 is 11.3 Å². The Bertz CT molecular complexity index is 371. The lowest BCUT2D eigenvalue weighted by Gasteiger charge is -2.08. The number of carbonyl (C=O) groups is 1. The minimum atomic E-state index is -0.0621. The minimum Gasteiger partial charge on any atom is -0.351 e. The summed E-state index contributed by atoms with van der Waals surface area (Å²) in [6, 6.07) is 0. The highest BCUT2D eigenvalue weighted by Crippen LogP contribution is 2.12. The van der Waals surface area contributed by atoms with E-state index in [0.29, 0.717) is 6.54 Å². The van der Waals surface area contributed by atoms with Crippen molar-refractivity contribution in [3.05, 3.63) is 22.2 Å². The molecule has 0 aliphatic rings. The van der Waals surface area contributed by atoms with Crippen molar-refractivity contribution in [3.8, 4) is 0 Å². The highest BCUT2D eigenvalue weighted by molar-refractivity contribution is 7.12. The van der Waals surface area contributed by atoms with E-state index in [2.05, 4.69) is 10.3 Å². The standard InChI is InChI=1S/C11H17N3OS/c1-9-13-8-10(16-9)4-5-11(15)12-6-7-14(2)3/h4-5,8H,6-7H2,1-3H3,(H,12,15). The van der Waals surface area contributed by atoms with Crippen LogP contribution in [0.4, 0.5) is 0 Å². The number of aryl methyl sites for hydroxylation is 1. The first kappa shape index (κ1) is 12.9. The van der Waals surface area contributed by atoms with E-state index in [1.165, 1.54) is 0 Å². The third kappa shape index (κ3) is 5.04. The molecule has 0 saturated heterocycles. The maximum Gasteiger partial charge on any atom is 0.244 e. The topological polar surface area (TPSA) is 45.2 Å². The van der Waals surface area contributed by atoms with E-state index in [0.717, 1.165) is 16.4 Å². The first-order valence-electron chi connectivity index (χ1n) is 5.11. The highest BCUT2D eigenvalue weighted by Gasteiger charge is 1.97. The summed E-state index contributed by atoms with van der Waals surface area (Å²) in [6.45, 7) is 3.45. The van der Waals surface area contributed by atoms with Gasteiger partial charge in [-0.05, 0) is 27.1 Å². The van der Waals surface area contributed by atoms with E-state index in [4.69, 9.17) is 0 Å². The van der Waals surface area contributed by atoms with Gasteiger partial charge in [0, 0.05) is 30.2 Å². The van der Waals surface area contributed by atoms with Gasteiger partial charge in [-0.2, -0.15) is 0 Å². The van der Waals surface area contributed by atoms with Gasteiger partial charge < -0.3 is 10.2 Å². The average molecular weight is 239 g/mol. The third-order valence-electron chi connectivity index (χ3n) is 1.90. The van der Waals surface area contributed by atoms with Crippen LogP contribution < -0.4 is 5.32 Å². The van der Waals surface area contributed by atoms with Gasteiger partial charge in [-0.1, -0.05) is 0 Å². The lowest BCUT2D eigenvalue weighted by Crippen LogP contribution is -2.30. The van der Waals surface area contributed by atoms with Crippen LogP contribution in [0.1, 0.15) is 9.88 Å². The predicted molar refractivity (Wildman–Crippen MR) is 67.4 cm³/mol. The van der Waals surface area contributed by atoms with Crippen LogP contribution in [0.15, 0.2) is 12.3 Å². The Morgan fingerprint density at radius 1 is 1.62 bits per heavy atom. The van der Waals surface area contributed by atoms with Gasteiger partial charge in [0.25, 0.3) is 0 Å². The molecule has 1 N–H and O–H groups in total. The molecule has 0 saturated carbocycles. The molecule has 1 amide bonds. The first-order chi connectivity index (χ1) is 7.58. The van der Waals surface area contributed by atoms with E-state index < -0.39 is 0 Å². The summed E-state index contributed by atoms with van der Waals surface area (Å²) in [5.74, 6) is -0.0621. The van der Waals surface area contributed by atoms with E-state index >= 15 is 0 Å². The molecule has 0 aliphatic carbocycles. The monoisotopic (exact) mass is 239 g/mol. The summed E-state index contributed by atoms with van der Waals surface area (Å²) >= 11 is 1.57. The van der Waals surface area contributed by atoms with Crippen LogP contribution in [0.3, 0.4) is 0 Å². The molecule has 0 unspecified atom stereocenters. The second-order valence-electron chi connectivity index (χ2n) is 3.71. The minimum absolute atomic E-state index is 0.0621. The Kier molecular flexibility index (Phi) is 5.14. The fourth-order valence-corrected chi connectivity index (χ4v) is 1.76. The number of hydrogen-bond donors (Lipinski definition) is 1. The van der Waals surface area contributed by atoms with Gasteiger partial charge in [-0.3, -0.25) is 4.79 Å². The molecule has 1 rings (SSSR count). The summed E-state index contributed by atoms with van der Waals surface area (Å²) in [5, 5.41) is 3.81. The lowest BCUT2D eigenvalue weighted by atomic mass is 10.4. The van der Waals surface area contributed by atoms with Gasteiger partial charge in [0.15, 0.2) is 0 Å². The molecule has 0 aromatic carbocycles. The van der Waals surface area contributed by atoms with Gasteiger partial charge in [0.1, 0.15) is 0 Å². The zero-order chi connectivity index (χ0) is 12.0. The quantitative estimate of drug-likeness (QED) is 0.784. The number of likely N-dealkylation sites (N-methyl/N-ethyl adjacent to an activating group) is 1. The van der Waals surface area contributed by atoms with Crippen molar-refractivity contribution in [3.63, 3.8) is 0 Å². The molecule has 0 bridgehead atoms. The zero-order valence-electron chi connectivity index (χ0n) is 9.86. The number of rotatable bonds is 5. The largest absolute Gasteiger partial charge is 0.351 e. The first-order valence-corrected chi connectivity index (χ1v) is 5.92. The number of hydrogen-bond acceptors (Lipinski definition) is 4. The summed E-state index contributed by atoms with van der Waals surface area (Å²) < 4.78 is 0. The molecule has 0 aliphatic heterocycles. The summed E-state index contributed by atoms with van der Waals surface area (Å²) in [7, 11) is 3.95. The molecule has 16 heavy (non-hydrogen) atoms. The van der Waals surface area contributed by atoms with Crippen LogP contribution in [-0.4, -0.2) is 43.0 Å². The summed E-state index contributed by atoms with van der Waals surface area (Å²) in [4.78, 5) is 18.5. The Hall–Kier alpha value is -1.20. The molecule has 0 spiro atoms. The molecule has 0 radical (unpaired) electrons. The van der Waals surface area contributed by atoms with Crippen LogP contribution in [0.2, 0.25) is 0 Å². The molecular formula is C11H17N3OS. The Morgan fingerprint density at radius 2 is 2.38 bits per heavy atom. The summed E-state index contributed by atoms with van der Waals surface area (Å²) in [6.07, 6.45) is 5.10. The molecule has 1 heterocycles. The maximum atomic E-state index is 11.4. The number of nitrogens with zero attached hydrogens (tertiary/aromatic N) is 2. The third-order valence-corrected chi connectivity index (χ3v) is 2.77. The van der Waals surface area contributed by atoms with Crippen LogP contribution in [0.25, 0.3) is 6.08 Å². The fourth-order valence-electron chi connectivity index (χ4n) is 1.07. The van der Waals surface area contributed by atoms with E-state index in [-0.39, 0.29) is 5.91 Å². The smallest absolute Gasteiger partial charge is 0.244 e. The average Bonchev–Trinajstić information content (AvgIpc) is 2.61. The van der Waals surface area contributed by atoms with Gasteiger partial charge in [0.05, 0.1) is 5.01 Å². The normalized spacial score (nSPS) is 11.2. The maximum absolute atomic E-state index is 11.4. The Morgan fingerprint density at radius 3 is 2.94 bits per heavy atom. The van der Waals surface area contributed by atoms with Gasteiger partial charge >= 0.3 is 0 Å². The van der Waals surface area contributed by atoms with Crippen molar-refractivity contribution in [1.29, 1.82) is 0 Å². The fraction of sp³-hybridized carbons (Fsp3) is 0.455. The van der Waals surface area contributed by atoms with Crippen LogP contribution in [0.5, 0.6) is 0 Å². The second-order valence-corrected chi connectivity index (χ2v) is 4.98. The highest BCUT2D eigenvalue weighted by atomic mass is 32.1. The molecule has 1 aromatic heterocycles. The summed E-state index contributed by atoms with van der Waals surface area (Å²) in [5.41, 5.74) is 0.